The summed E-state index contributed by atoms with van der Waals surface area (Å²) in [5.74, 6) is 0.772. The van der Waals surface area contributed by atoms with Gasteiger partial charge in [0.1, 0.15) is 5.82 Å². The Morgan fingerprint density at radius 3 is 2.89 bits per heavy atom. The zero-order valence-electron chi connectivity index (χ0n) is 10.6. The average Bonchev–Trinajstić information content (AvgIpc) is 2.77. The molecule has 0 fully saturated rings. The lowest BCUT2D eigenvalue weighted by atomic mass is 10.2. The SMILES string of the molecule is CCNc1cc(C(=O)Nc2ccn(C)n2)c(Cl)cn1. The summed E-state index contributed by atoms with van der Waals surface area (Å²) in [5, 5.41) is 10.1. The summed E-state index contributed by atoms with van der Waals surface area (Å²) in [6.45, 7) is 2.67. The number of nitrogens with zero attached hydrogens (tertiary/aromatic N) is 3. The van der Waals surface area contributed by atoms with Crippen molar-refractivity contribution in [3.05, 3.63) is 35.1 Å². The second-order valence-electron chi connectivity index (χ2n) is 3.91. The molecule has 2 heterocycles. The van der Waals surface area contributed by atoms with Crippen LogP contribution < -0.4 is 10.6 Å². The highest BCUT2D eigenvalue weighted by Crippen LogP contribution is 2.19. The highest BCUT2D eigenvalue weighted by molar-refractivity contribution is 6.34. The van der Waals surface area contributed by atoms with Crippen molar-refractivity contribution in [3.8, 4) is 0 Å². The van der Waals surface area contributed by atoms with E-state index in [2.05, 4.69) is 20.7 Å². The predicted molar refractivity (Wildman–Crippen MR) is 74.6 cm³/mol. The molecule has 7 heteroatoms. The number of pyridine rings is 1. The van der Waals surface area contributed by atoms with Gasteiger partial charge in [0.05, 0.1) is 10.6 Å². The van der Waals surface area contributed by atoms with Crippen molar-refractivity contribution >= 4 is 29.1 Å². The highest BCUT2D eigenvalue weighted by Gasteiger charge is 2.13. The Bertz CT molecular complexity index is 596. The molecule has 0 saturated heterocycles. The fourth-order valence-corrected chi connectivity index (χ4v) is 1.75. The molecule has 19 heavy (non-hydrogen) atoms. The monoisotopic (exact) mass is 279 g/mol. The lowest BCUT2D eigenvalue weighted by Gasteiger charge is -2.07. The predicted octanol–water partition coefficient (Wildman–Crippen LogP) is 2.15. The zero-order chi connectivity index (χ0) is 13.8. The van der Waals surface area contributed by atoms with Crippen LogP contribution in [0.3, 0.4) is 0 Å². The molecular formula is C12H14ClN5O. The lowest BCUT2D eigenvalue weighted by Crippen LogP contribution is -2.14. The molecule has 6 nitrogen and oxygen atoms in total. The number of halogens is 1. The molecule has 0 atom stereocenters. The Morgan fingerprint density at radius 1 is 1.47 bits per heavy atom. The number of rotatable bonds is 4. The van der Waals surface area contributed by atoms with E-state index in [9.17, 15) is 4.79 Å². The van der Waals surface area contributed by atoms with Crippen LogP contribution in [0.5, 0.6) is 0 Å². The van der Waals surface area contributed by atoms with Crippen molar-refractivity contribution in [2.45, 2.75) is 6.92 Å². The van der Waals surface area contributed by atoms with Gasteiger partial charge in [-0.1, -0.05) is 11.6 Å². The molecule has 2 N–H and O–H groups in total. The second kappa shape index (κ2) is 5.71. The van der Waals surface area contributed by atoms with E-state index in [0.717, 1.165) is 6.54 Å². The van der Waals surface area contributed by atoms with Gasteiger partial charge < -0.3 is 10.6 Å². The number of carbonyl (C=O) groups excluding carboxylic acids is 1. The first-order valence-corrected chi connectivity index (χ1v) is 6.18. The highest BCUT2D eigenvalue weighted by atomic mass is 35.5. The van der Waals surface area contributed by atoms with Crippen molar-refractivity contribution in [2.75, 3.05) is 17.2 Å². The van der Waals surface area contributed by atoms with E-state index in [0.29, 0.717) is 22.2 Å². The van der Waals surface area contributed by atoms with E-state index in [1.54, 1.807) is 30.1 Å². The molecule has 2 aromatic rings. The summed E-state index contributed by atoms with van der Waals surface area (Å²) in [5.41, 5.74) is 0.360. The largest absolute Gasteiger partial charge is 0.370 e. The number of amides is 1. The van der Waals surface area contributed by atoms with E-state index in [1.165, 1.54) is 6.20 Å². The molecule has 0 aliphatic carbocycles. The van der Waals surface area contributed by atoms with Crippen LogP contribution in [0.4, 0.5) is 11.6 Å². The number of hydrogen-bond donors (Lipinski definition) is 2. The van der Waals surface area contributed by atoms with Gasteiger partial charge in [0.25, 0.3) is 5.91 Å². The number of hydrogen-bond acceptors (Lipinski definition) is 4. The van der Waals surface area contributed by atoms with E-state index >= 15 is 0 Å². The van der Waals surface area contributed by atoms with E-state index < -0.39 is 0 Å². The summed E-state index contributed by atoms with van der Waals surface area (Å²) >= 11 is 5.99. The smallest absolute Gasteiger partial charge is 0.258 e. The minimum atomic E-state index is -0.315. The summed E-state index contributed by atoms with van der Waals surface area (Å²) in [6, 6.07) is 3.32. The second-order valence-corrected chi connectivity index (χ2v) is 4.32. The molecule has 0 aromatic carbocycles. The molecule has 0 bridgehead atoms. The third-order valence-electron chi connectivity index (χ3n) is 2.41. The van der Waals surface area contributed by atoms with Gasteiger partial charge in [-0.05, 0) is 13.0 Å². The van der Waals surface area contributed by atoms with Crippen LogP contribution >= 0.6 is 11.6 Å². The van der Waals surface area contributed by atoms with E-state index in [1.807, 2.05) is 6.92 Å². The van der Waals surface area contributed by atoms with Crippen LogP contribution in [0.25, 0.3) is 0 Å². The lowest BCUT2D eigenvalue weighted by molar-refractivity contribution is 0.102. The zero-order valence-corrected chi connectivity index (χ0v) is 11.4. The maximum Gasteiger partial charge on any atom is 0.258 e. The first-order valence-electron chi connectivity index (χ1n) is 5.80. The molecule has 0 saturated carbocycles. The van der Waals surface area contributed by atoms with Crippen LogP contribution in [0.2, 0.25) is 5.02 Å². The molecule has 2 aromatic heterocycles. The first-order chi connectivity index (χ1) is 9.10. The minimum absolute atomic E-state index is 0.301. The number of anilines is 2. The Labute approximate surface area is 115 Å². The van der Waals surface area contributed by atoms with Gasteiger partial charge in [-0.2, -0.15) is 5.10 Å². The van der Waals surface area contributed by atoms with Gasteiger partial charge >= 0.3 is 0 Å². The van der Waals surface area contributed by atoms with Crippen LogP contribution in [-0.4, -0.2) is 27.2 Å². The number of nitrogens with one attached hydrogen (secondary N) is 2. The third kappa shape index (κ3) is 3.23. The van der Waals surface area contributed by atoms with Crippen molar-refractivity contribution < 1.29 is 4.79 Å². The molecule has 0 spiro atoms. The van der Waals surface area contributed by atoms with Crippen LogP contribution in [0, 0.1) is 0 Å². The molecule has 2 rings (SSSR count). The van der Waals surface area contributed by atoms with Gasteiger partial charge in [-0.15, -0.1) is 0 Å². The fraction of sp³-hybridized carbons (Fsp3) is 0.250. The maximum absolute atomic E-state index is 12.1. The number of carbonyl (C=O) groups is 1. The third-order valence-corrected chi connectivity index (χ3v) is 2.71. The maximum atomic E-state index is 12.1. The standard InChI is InChI=1S/C12H14ClN5O/c1-3-14-11-6-8(9(13)7-15-11)12(19)16-10-4-5-18(2)17-10/h4-7H,3H2,1-2H3,(H,14,15)(H,16,17,19). The van der Waals surface area contributed by atoms with Crippen LogP contribution in [0.1, 0.15) is 17.3 Å². The fourth-order valence-electron chi connectivity index (χ4n) is 1.56. The van der Waals surface area contributed by atoms with Crippen molar-refractivity contribution in [3.63, 3.8) is 0 Å². The van der Waals surface area contributed by atoms with E-state index in [4.69, 9.17) is 11.6 Å². The van der Waals surface area contributed by atoms with Crippen LogP contribution in [0.15, 0.2) is 24.5 Å². The van der Waals surface area contributed by atoms with Gasteiger partial charge in [-0.25, -0.2) is 4.98 Å². The Hall–Kier alpha value is -2.08. The van der Waals surface area contributed by atoms with Gasteiger partial charge in [0.2, 0.25) is 0 Å². The minimum Gasteiger partial charge on any atom is -0.370 e. The Morgan fingerprint density at radius 2 is 2.26 bits per heavy atom. The Balaban J connectivity index is 2.20. The van der Waals surface area contributed by atoms with Crippen LogP contribution in [-0.2, 0) is 7.05 Å². The van der Waals surface area contributed by atoms with Crippen molar-refractivity contribution in [1.29, 1.82) is 0 Å². The normalized spacial score (nSPS) is 10.3. The Kier molecular flexibility index (Phi) is 4.01. The van der Waals surface area contributed by atoms with Crippen molar-refractivity contribution in [2.24, 2.45) is 7.05 Å². The quantitative estimate of drug-likeness (QED) is 0.899. The molecule has 100 valence electrons. The summed E-state index contributed by atoms with van der Waals surface area (Å²) in [6.07, 6.45) is 3.20. The topological polar surface area (TPSA) is 71.8 Å². The number of aromatic nitrogens is 3. The van der Waals surface area contributed by atoms with Gasteiger partial charge in [-0.3, -0.25) is 9.48 Å². The molecule has 1 amide bonds. The molecule has 0 radical (unpaired) electrons. The van der Waals surface area contributed by atoms with E-state index in [-0.39, 0.29) is 5.91 Å². The van der Waals surface area contributed by atoms with Gasteiger partial charge in [0, 0.05) is 32.1 Å². The molecule has 0 unspecified atom stereocenters. The molecular weight excluding hydrogens is 266 g/mol. The molecule has 0 aliphatic heterocycles. The van der Waals surface area contributed by atoms with Gasteiger partial charge in [0.15, 0.2) is 5.82 Å². The van der Waals surface area contributed by atoms with Crippen molar-refractivity contribution in [1.82, 2.24) is 14.8 Å². The summed E-state index contributed by atoms with van der Waals surface area (Å²) < 4.78 is 1.60. The summed E-state index contributed by atoms with van der Waals surface area (Å²) in [4.78, 5) is 16.2. The summed E-state index contributed by atoms with van der Waals surface area (Å²) in [7, 11) is 1.78. The molecule has 0 aliphatic rings. The average molecular weight is 280 g/mol. The first kappa shape index (κ1) is 13.4. The number of aryl methyl sites for hydroxylation is 1.